The first kappa shape index (κ1) is 12.6. The molecule has 20 heavy (non-hydrogen) atoms. The first-order chi connectivity index (χ1) is 9.63. The second-order valence-corrected chi connectivity index (χ2v) is 4.87. The largest absolute Gasteiger partial charge is 0.270 e. The SMILES string of the molecule is O=[N+]([O-])c1ccc2c(cnn2Cc2ccc(Cl)cc2)c1. The summed E-state index contributed by atoms with van der Waals surface area (Å²) in [6.45, 7) is 0.596. The number of fused-ring (bicyclic) bond motifs is 1. The molecule has 0 radical (unpaired) electrons. The minimum Gasteiger partial charge on any atom is -0.260 e. The van der Waals surface area contributed by atoms with E-state index in [1.165, 1.54) is 12.1 Å². The quantitative estimate of drug-likeness (QED) is 0.546. The van der Waals surface area contributed by atoms with Crippen molar-refractivity contribution < 1.29 is 4.92 Å². The highest BCUT2D eigenvalue weighted by Crippen LogP contribution is 2.21. The van der Waals surface area contributed by atoms with E-state index in [1.54, 1.807) is 12.3 Å². The Hall–Kier alpha value is -2.40. The Morgan fingerprint density at radius 1 is 1.20 bits per heavy atom. The molecule has 2 aromatic carbocycles. The van der Waals surface area contributed by atoms with Crippen LogP contribution in [0.1, 0.15) is 5.56 Å². The predicted octanol–water partition coefficient (Wildman–Crippen LogP) is 3.65. The third-order valence-electron chi connectivity index (χ3n) is 3.08. The van der Waals surface area contributed by atoms with Gasteiger partial charge < -0.3 is 0 Å². The number of hydrogen-bond acceptors (Lipinski definition) is 3. The zero-order chi connectivity index (χ0) is 14.1. The molecular formula is C14H10ClN3O2. The molecule has 1 aromatic heterocycles. The Morgan fingerprint density at radius 2 is 1.95 bits per heavy atom. The third-order valence-corrected chi connectivity index (χ3v) is 3.33. The first-order valence-corrected chi connectivity index (χ1v) is 6.36. The van der Waals surface area contributed by atoms with Gasteiger partial charge in [0.15, 0.2) is 0 Å². The molecule has 0 amide bonds. The van der Waals surface area contributed by atoms with Gasteiger partial charge in [-0.05, 0) is 23.8 Å². The molecule has 0 atom stereocenters. The molecule has 100 valence electrons. The van der Waals surface area contributed by atoms with Crippen LogP contribution in [0.3, 0.4) is 0 Å². The van der Waals surface area contributed by atoms with Crippen molar-refractivity contribution in [1.82, 2.24) is 9.78 Å². The molecular weight excluding hydrogens is 278 g/mol. The van der Waals surface area contributed by atoms with Gasteiger partial charge in [-0.25, -0.2) is 0 Å². The molecule has 3 aromatic rings. The highest BCUT2D eigenvalue weighted by atomic mass is 35.5. The van der Waals surface area contributed by atoms with Crippen molar-refractivity contribution in [2.24, 2.45) is 0 Å². The third kappa shape index (κ3) is 2.35. The van der Waals surface area contributed by atoms with Gasteiger partial charge >= 0.3 is 0 Å². The number of nitrogens with zero attached hydrogens (tertiary/aromatic N) is 3. The second-order valence-electron chi connectivity index (χ2n) is 4.43. The number of nitro groups is 1. The van der Waals surface area contributed by atoms with Gasteiger partial charge in [-0.2, -0.15) is 5.10 Å². The normalized spacial score (nSPS) is 10.8. The molecule has 0 bridgehead atoms. The van der Waals surface area contributed by atoms with E-state index >= 15 is 0 Å². The zero-order valence-electron chi connectivity index (χ0n) is 10.4. The summed E-state index contributed by atoms with van der Waals surface area (Å²) >= 11 is 5.85. The van der Waals surface area contributed by atoms with Crippen LogP contribution in [-0.2, 0) is 6.54 Å². The molecule has 0 saturated carbocycles. The van der Waals surface area contributed by atoms with E-state index < -0.39 is 4.92 Å². The van der Waals surface area contributed by atoms with Crippen molar-refractivity contribution in [3.05, 3.63) is 69.4 Å². The van der Waals surface area contributed by atoms with E-state index in [2.05, 4.69) is 5.10 Å². The van der Waals surface area contributed by atoms with Gasteiger partial charge in [0.2, 0.25) is 0 Å². The second kappa shape index (κ2) is 4.94. The number of rotatable bonds is 3. The molecule has 0 saturated heterocycles. The van der Waals surface area contributed by atoms with Gasteiger partial charge in [0.25, 0.3) is 5.69 Å². The smallest absolute Gasteiger partial charge is 0.260 e. The number of hydrogen-bond donors (Lipinski definition) is 0. The topological polar surface area (TPSA) is 61.0 Å². The van der Waals surface area contributed by atoms with Crippen LogP contribution in [0.2, 0.25) is 5.02 Å². The average Bonchev–Trinajstić information content (AvgIpc) is 2.84. The summed E-state index contributed by atoms with van der Waals surface area (Å²) in [5.74, 6) is 0. The maximum absolute atomic E-state index is 10.7. The fraction of sp³-hybridized carbons (Fsp3) is 0.0714. The Kier molecular flexibility index (Phi) is 3.12. The van der Waals surface area contributed by atoms with Gasteiger partial charge in [0, 0.05) is 22.5 Å². The summed E-state index contributed by atoms with van der Waals surface area (Å²) in [7, 11) is 0. The lowest BCUT2D eigenvalue weighted by Crippen LogP contribution is -2.01. The fourth-order valence-electron chi connectivity index (χ4n) is 2.08. The van der Waals surface area contributed by atoms with Gasteiger partial charge in [0.05, 0.1) is 23.2 Å². The number of halogens is 1. The lowest BCUT2D eigenvalue weighted by Gasteiger charge is -2.04. The van der Waals surface area contributed by atoms with Crippen molar-refractivity contribution in [2.75, 3.05) is 0 Å². The summed E-state index contributed by atoms with van der Waals surface area (Å²) in [5.41, 5.74) is 2.01. The maximum Gasteiger partial charge on any atom is 0.270 e. The number of nitro benzene ring substituents is 1. The molecule has 0 unspecified atom stereocenters. The Labute approximate surface area is 119 Å². The van der Waals surface area contributed by atoms with E-state index in [4.69, 9.17) is 11.6 Å². The number of benzene rings is 2. The standard InChI is InChI=1S/C14H10ClN3O2/c15-12-3-1-10(2-4-12)9-17-14-6-5-13(18(19)20)7-11(14)8-16-17/h1-8H,9H2. The van der Waals surface area contributed by atoms with Crippen LogP contribution < -0.4 is 0 Å². The Morgan fingerprint density at radius 3 is 2.65 bits per heavy atom. The predicted molar refractivity (Wildman–Crippen MR) is 76.9 cm³/mol. The number of non-ortho nitro benzene ring substituents is 1. The van der Waals surface area contributed by atoms with E-state index in [-0.39, 0.29) is 5.69 Å². The first-order valence-electron chi connectivity index (χ1n) is 5.98. The van der Waals surface area contributed by atoms with Crippen LogP contribution in [0.25, 0.3) is 10.9 Å². The molecule has 0 spiro atoms. The van der Waals surface area contributed by atoms with Gasteiger partial charge in [-0.3, -0.25) is 14.8 Å². The fourth-order valence-corrected chi connectivity index (χ4v) is 2.20. The van der Waals surface area contributed by atoms with Crippen LogP contribution >= 0.6 is 11.6 Å². The van der Waals surface area contributed by atoms with Gasteiger partial charge in [-0.15, -0.1) is 0 Å². The lowest BCUT2D eigenvalue weighted by atomic mass is 10.2. The van der Waals surface area contributed by atoms with Crippen molar-refractivity contribution in [3.8, 4) is 0 Å². The maximum atomic E-state index is 10.7. The Balaban J connectivity index is 1.96. The highest BCUT2D eigenvalue weighted by molar-refractivity contribution is 6.30. The van der Waals surface area contributed by atoms with Crippen molar-refractivity contribution >= 4 is 28.2 Å². The molecule has 6 heteroatoms. The molecule has 0 aliphatic rings. The Bertz CT molecular complexity index is 781. The summed E-state index contributed by atoms with van der Waals surface area (Å²) in [6.07, 6.45) is 1.64. The van der Waals surface area contributed by atoms with Crippen molar-refractivity contribution in [1.29, 1.82) is 0 Å². The average molecular weight is 288 g/mol. The monoisotopic (exact) mass is 287 g/mol. The zero-order valence-corrected chi connectivity index (χ0v) is 11.1. The van der Waals surface area contributed by atoms with Crippen molar-refractivity contribution in [2.45, 2.75) is 6.54 Å². The highest BCUT2D eigenvalue weighted by Gasteiger charge is 2.09. The molecule has 0 N–H and O–H groups in total. The van der Waals surface area contributed by atoms with Gasteiger partial charge in [-0.1, -0.05) is 23.7 Å². The minimum atomic E-state index is -0.407. The molecule has 0 fully saturated rings. The van der Waals surface area contributed by atoms with E-state index in [1.807, 2.05) is 28.9 Å². The van der Waals surface area contributed by atoms with E-state index in [0.29, 0.717) is 11.6 Å². The van der Waals surface area contributed by atoms with Crippen LogP contribution in [0, 0.1) is 10.1 Å². The summed E-state index contributed by atoms with van der Waals surface area (Å²) < 4.78 is 1.81. The molecule has 0 aliphatic carbocycles. The summed E-state index contributed by atoms with van der Waals surface area (Å²) in [6, 6.07) is 12.3. The van der Waals surface area contributed by atoms with Crippen LogP contribution in [-0.4, -0.2) is 14.7 Å². The van der Waals surface area contributed by atoms with E-state index in [0.717, 1.165) is 16.5 Å². The molecule has 1 heterocycles. The summed E-state index contributed by atoms with van der Waals surface area (Å²) in [5, 5.41) is 16.5. The lowest BCUT2D eigenvalue weighted by molar-refractivity contribution is -0.384. The molecule has 0 aliphatic heterocycles. The van der Waals surface area contributed by atoms with Crippen LogP contribution in [0.15, 0.2) is 48.7 Å². The number of aromatic nitrogens is 2. The van der Waals surface area contributed by atoms with Crippen molar-refractivity contribution in [3.63, 3.8) is 0 Å². The summed E-state index contributed by atoms with van der Waals surface area (Å²) in [4.78, 5) is 10.3. The van der Waals surface area contributed by atoms with Crippen LogP contribution in [0.4, 0.5) is 5.69 Å². The van der Waals surface area contributed by atoms with Crippen LogP contribution in [0.5, 0.6) is 0 Å². The van der Waals surface area contributed by atoms with E-state index in [9.17, 15) is 10.1 Å². The molecule has 3 rings (SSSR count). The molecule has 5 nitrogen and oxygen atoms in total. The van der Waals surface area contributed by atoms with Gasteiger partial charge in [0.1, 0.15) is 0 Å². The minimum absolute atomic E-state index is 0.0727.